The minimum atomic E-state index is -0.400. The third-order valence-electron chi connectivity index (χ3n) is 7.21. The van der Waals surface area contributed by atoms with Gasteiger partial charge in [-0.25, -0.2) is 0 Å². The Hall–Kier alpha value is -2.00. The van der Waals surface area contributed by atoms with Crippen LogP contribution in [0.1, 0.15) is 123 Å². The number of aromatic hydroxyl groups is 2. The lowest BCUT2D eigenvalue weighted by molar-refractivity contribution is 0.141. The van der Waals surface area contributed by atoms with E-state index in [1.807, 2.05) is 0 Å². The smallest absolute Gasteiger partial charge is 0.123 e. The van der Waals surface area contributed by atoms with E-state index in [9.17, 15) is 15.3 Å². The zero-order valence-corrected chi connectivity index (χ0v) is 25.3. The molecule has 0 aliphatic rings. The maximum atomic E-state index is 11.1. The van der Waals surface area contributed by atoms with E-state index in [4.69, 9.17) is 0 Å². The minimum Gasteiger partial charge on any atom is -0.507 e. The summed E-state index contributed by atoms with van der Waals surface area (Å²) in [5.74, 6) is 0.764. The third-order valence-corrected chi connectivity index (χ3v) is 7.21. The summed E-state index contributed by atoms with van der Waals surface area (Å²) in [6, 6.07) is 8.49. The second-order valence-electron chi connectivity index (χ2n) is 15.4. The SMILES string of the molecule is CC(CO)(Cc1cc(C(C)(C)C)c(O)c(C(C)(C)C)c1)Cc1cc(C(C)(C)C)c(O)c(C(C)(C)C)c1. The van der Waals surface area contributed by atoms with Crippen LogP contribution in [0, 0.1) is 5.41 Å². The molecule has 0 heterocycles. The van der Waals surface area contributed by atoms with E-state index < -0.39 is 5.41 Å². The van der Waals surface area contributed by atoms with E-state index in [0.29, 0.717) is 24.3 Å². The summed E-state index contributed by atoms with van der Waals surface area (Å²) >= 11 is 0. The van der Waals surface area contributed by atoms with Crippen LogP contribution in [0.2, 0.25) is 0 Å². The molecule has 0 aliphatic carbocycles. The largest absolute Gasteiger partial charge is 0.507 e. The van der Waals surface area contributed by atoms with E-state index >= 15 is 0 Å². The van der Waals surface area contributed by atoms with Crippen molar-refractivity contribution in [2.75, 3.05) is 6.61 Å². The van der Waals surface area contributed by atoms with Crippen molar-refractivity contribution in [3.8, 4) is 11.5 Å². The van der Waals surface area contributed by atoms with Gasteiger partial charge in [-0.2, -0.15) is 0 Å². The van der Waals surface area contributed by atoms with Crippen molar-refractivity contribution in [2.24, 2.45) is 5.41 Å². The number of aliphatic hydroxyl groups is 1. The van der Waals surface area contributed by atoms with Gasteiger partial charge in [0.2, 0.25) is 0 Å². The van der Waals surface area contributed by atoms with Crippen molar-refractivity contribution >= 4 is 0 Å². The summed E-state index contributed by atoms with van der Waals surface area (Å²) < 4.78 is 0. The van der Waals surface area contributed by atoms with Crippen molar-refractivity contribution < 1.29 is 15.3 Å². The van der Waals surface area contributed by atoms with Crippen LogP contribution in [0.5, 0.6) is 11.5 Å². The zero-order valence-electron chi connectivity index (χ0n) is 25.3. The number of benzene rings is 2. The Morgan fingerprint density at radius 3 is 0.861 bits per heavy atom. The fourth-order valence-electron chi connectivity index (χ4n) is 5.04. The number of rotatable bonds is 5. The lowest BCUT2D eigenvalue weighted by atomic mass is 9.73. The molecule has 2 aromatic rings. The number of aliphatic hydroxyl groups excluding tert-OH is 1. The molecule has 0 amide bonds. The van der Waals surface area contributed by atoms with Gasteiger partial charge >= 0.3 is 0 Å². The fourth-order valence-corrected chi connectivity index (χ4v) is 5.04. The van der Waals surface area contributed by atoms with Crippen LogP contribution in [-0.2, 0) is 34.5 Å². The standard InChI is InChI=1S/C33H52O3/c1-29(2,3)23-14-21(15-24(27(23)35)30(4,5)6)18-33(13,20-34)19-22-16-25(31(7,8)9)28(36)26(17-22)32(10,11)12/h14-17,34-36H,18-20H2,1-13H3. The highest BCUT2D eigenvalue weighted by Crippen LogP contribution is 2.43. The van der Waals surface area contributed by atoms with Gasteiger partial charge in [0.15, 0.2) is 0 Å². The van der Waals surface area contributed by atoms with Gasteiger partial charge in [-0.05, 0) is 73.3 Å². The van der Waals surface area contributed by atoms with Crippen molar-refractivity contribution in [1.82, 2.24) is 0 Å². The number of phenolic OH excluding ortho intramolecular Hbond substituents is 2. The molecule has 0 spiro atoms. The second kappa shape index (κ2) is 9.71. The lowest BCUT2D eigenvalue weighted by Crippen LogP contribution is -2.29. The van der Waals surface area contributed by atoms with Crippen molar-refractivity contribution in [2.45, 2.75) is 125 Å². The minimum absolute atomic E-state index is 0.0418. The Balaban J connectivity index is 2.63. The molecule has 0 bridgehead atoms. The lowest BCUT2D eigenvalue weighted by Gasteiger charge is -2.33. The first-order valence-corrected chi connectivity index (χ1v) is 13.3. The molecule has 0 fully saturated rings. The monoisotopic (exact) mass is 496 g/mol. The van der Waals surface area contributed by atoms with Crippen LogP contribution in [0.3, 0.4) is 0 Å². The highest BCUT2D eigenvalue weighted by molar-refractivity contribution is 5.51. The molecule has 0 saturated carbocycles. The van der Waals surface area contributed by atoms with Gasteiger partial charge in [0.1, 0.15) is 11.5 Å². The van der Waals surface area contributed by atoms with Crippen LogP contribution < -0.4 is 0 Å². The van der Waals surface area contributed by atoms with Crippen LogP contribution in [0.4, 0.5) is 0 Å². The summed E-state index contributed by atoms with van der Waals surface area (Å²) in [4.78, 5) is 0. The fraction of sp³-hybridized carbons (Fsp3) is 0.636. The molecule has 0 atom stereocenters. The Morgan fingerprint density at radius 1 is 0.472 bits per heavy atom. The van der Waals surface area contributed by atoms with E-state index in [-0.39, 0.29) is 28.3 Å². The highest BCUT2D eigenvalue weighted by atomic mass is 16.3. The Bertz CT molecular complexity index is 926. The predicted molar refractivity (Wildman–Crippen MR) is 154 cm³/mol. The molecule has 0 saturated heterocycles. The van der Waals surface area contributed by atoms with Gasteiger partial charge in [-0.3, -0.25) is 0 Å². The average molecular weight is 497 g/mol. The first-order valence-electron chi connectivity index (χ1n) is 13.3. The molecular formula is C33H52O3. The summed E-state index contributed by atoms with van der Waals surface area (Å²) in [6.45, 7) is 27.7. The second-order valence-corrected chi connectivity index (χ2v) is 15.4. The molecule has 202 valence electrons. The Labute approximate surface area is 221 Å². The number of phenols is 2. The van der Waals surface area contributed by atoms with Gasteiger partial charge in [0.25, 0.3) is 0 Å². The maximum Gasteiger partial charge on any atom is 0.123 e. The van der Waals surface area contributed by atoms with E-state index in [1.165, 1.54) is 0 Å². The molecule has 2 aromatic carbocycles. The number of hydrogen-bond donors (Lipinski definition) is 3. The van der Waals surface area contributed by atoms with Gasteiger partial charge in [-0.1, -0.05) is 114 Å². The number of hydrogen-bond acceptors (Lipinski definition) is 3. The molecule has 0 aliphatic heterocycles. The van der Waals surface area contributed by atoms with Gasteiger partial charge < -0.3 is 15.3 Å². The average Bonchev–Trinajstić information content (AvgIpc) is 2.67. The molecule has 36 heavy (non-hydrogen) atoms. The summed E-state index contributed by atoms with van der Waals surface area (Å²) in [7, 11) is 0. The highest BCUT2D eigenvalue weighted by Gasteiger charge is 2.32. The van der Waals surface area contributed by atoms with Crippen LogP contribution >= 0.6 is 0 Å². The molecular weight excluding hydrogens is 444 g/mol. The van der Waals surface area contributed by atoms with Crippen molar-refractivity contribution in [3.63, 3.8) is 0 Å². The van der Waals surface area contributed by atoms with Crippen LogP contribution in [0.25, 0.3) is 0 Å². The van der Waals surface area contributed by atoms with Crippen LogP contribution in [-0.4, -0.2) is 21.9 Å². The zero-order chi connectivity index (χ0) is 28.1. The van der Waals surface area contributed by atoms with E-state index in [2.05, 4.69) is 114 Å². The van der Waals surface area contributed by atoms with E-state index in [0.717, 1.165) is 33.4 Å². The van der Waals surface area contributed by atoms with Crippen LogP contribution in [0.15, 0.2) is 24.3 Å². The molecule has 3 N–H and O–H groups in total. The molecule has 0 unspecified atom stereocenters. The van der Waals surface area contributed by atoms with Crippen molar-refractivity contribution in [3.05, 3.63) is 57.6 Å². The normalized spacial score (nSPS) is 13.8. The molecule has 3 heteroatoms. The molecule has 0 radical (unpaired) electrons. The molecule has 3 nitrogen and oxygen atoms in total. The van der Waals surface area contributed by atoms with E-state index in [1.54, 1.807) is 0 Å². The van der Waals surface area contributed by atoms with Gasteiger partial charge in [0.05, 0.1) is 0 Å². The summed E-state index contributed by atoms with van der Waals surface area (Å²) in [5.41, 5.74) is 4.84. The van der Waals surface area contributed by atoms with Gasteiger partial charge in [0, 0.05) is 6.61 Å². The molecule has 2 rings (SSSR count). The molecule has 0 aromatic heterocycles. The third kappa shape index (κ3) is 6.85. The Morgan fingerprint density at radius 2 is 0.694 bits per heavy atom. The summed E-state index contributed by atoms with van der Waals surface area (Å²) in [6.07, 6.45) is 1.37. The summed E-state index contributed by atoms with van der Waals surface area (Å²) in [5, 5.41) is 32.9. The predicted octanol–water partition coefficient (Wildman–Crippen LogP) is 8.07. The van der Waals surface area contributed by atoms with Crippen molar-refractivity contribution in [1.29, 1.82) is 0 Å². The maximum absolute atomic E-state index is 11.1. The topological polar surface area (TPSA) is 60.7 Å². The Kier molecular flexibility index (Phi) is 8.15. The van der Waals surface area contributed by atoms with Gasteiger partial charge in [-0.15, -0.1) is 0 Å². The first kappa shape index (κ1) is 30.2. The first-order chi connectivity index (χ1) is 16.0. The quantitative estimate of drug-likeness (QED) is 0.392.